The largest absolute Gasteiger partial charge is 0.480 e. The Labute approximate surface area is 121 Å². The molecule has 0 bridgehead atoms. The maximum atomic E-state index is 11.5. The highest BCUT2D eigenvalue weighted by Gasteiger charge is 2.30. The van der Waals surface area contributed by atoms with Crippen molar-refractivity contribution in [3.05, 3.63) is 18.0 Å². The highest BCUT2D eigenvalue weighted by Crippen LogP contribution is 2.42. The Morgan fingerprint density at radius 1 is 1.38 bits per heavy atom. The standard InChI is InChI=1S/C15H16N2O4/c1-8(15(18)19)17-11-6-13-12(20-7-21-13)5-10(11)16-14(17)9-3-2-4-9/h5-6,8-9H,2-4,7H2,1H3,(H,18,19). The van der Waals surface area contributed by atoms with Crippen LogP contribution in [0.25, 0.3) is 11.0 Å². The number of hydrogen-bond donors (Lipinski definition) is 1. The number of carboxylic acids is 1. The predicted octanol–water partition coefficient (Wildman–Crippen LogP) is 2.68. The van der Waals surface area contributed by atoms with Crippen LogP contribution in [0.2, 0.25) is 0 Å². The molecular weight excluding hydrogens is 272 g/mol. The zero-order chi connectivity index (χ0) is 14.6. The molecule has 6 heteroatoms. The topological polar surface area (TPSA) is 73.6 Å². The van der Waals surface area contributed by atoms with Crippen molar-refractivity contribution >= 4 is 17.0 Å². The number of imidazole rings is 1. The Bertz CT molecular complexity index is 733. The lowest BCUT2D eigenvalue weighted by molar-refractivity contribution is -0.140. The quantitative estimate of drug-likeness (QED) is 0.940. The van der Waals surface area contributed by atoms with E-state index in [1.807, 2.05) is 16.7 Å². The zero-order valence-electron chi connectivity index (χ0n) is 11.7. The lowest BCUT2D eigenvalue weighted by Gasteiger charge is -2.26. The van der Waals surface area contributed by atoms with Crippen molar-refractivity contribution in [2.24, 2.45) is 0 Å². The molecule has 0 amide bonds. The second-order valence-electron chi connectivity index (χ2n) is 5.68. The third-order valence-electron chi connectivity index (χ3n) is 4.43. The van der Waals surface area contributed by atoms with Crippen molar-refractivity contribution in [1.82, 2.24) is 9.55 Å². The number of aliphatic carboxylic acids is 1. The van der Waals surface area contributed by atoms with Crippen molar-refractivity contribution in [2.75, 3.05) is 6.79 Å². The average Bonchev–Trinajstić information content (AvgIpc) is 2.96. The summed E-state index contributed by atoms with van der Waals surface area (Å²) in [6.45, 7) is 1.89. The first-order chi connectivity index (χ1) is 10.1. The van der Waals surface area contributed by atoms with E-state index >= 15 is 0 Å². The molecule has 1 N–H and O–H groups in total. The molecule has 1 aliphatic heterocycles. The Balaban J connectivity index is 1.94. The summed E-state index contributed by atoms with van der Waals surface area (Å²) < 4.78 is 12.6. The van der Waals surface area contributed by atoms with Gasteiger partial charge in [-0.15, -0.1) is 0 Å². The first-order valence-electron chi connectivity index (χ1n) is 7.19. The number of rotatable bonds is 3. The summed E-state index contributed by atoms with van der Waals surface area (Å²) in [5, 5.41) is 9.40. The van der Waals surface area contributed by atoms with Gasteiger partial charge in [0.05, 0.1) is 11.0 Å². The molecule has 21 heavy (non-hydrogen) atoms. The van der Waals surface area contributed by atoms with Crippen LogP contribution >= 0.6 is 0 Å². The van der Waals surface area contributed by atoms with Crippen LogP contribution in [0.5, 0.6) is 11.5 Å². The van der Waals surface area contributed by atoms with Crippen LogP contribution in [0.1, 0.15) is 44.0 Å². The fourth-order valence-electron chi connectivity index (χ4n) is 2.98. The molecule has 1 aromatic carbocycles. The van der Waals surface area contributed by atoms with Gasteiger partial charge in [0, 0.05) is 18.1 Å². The number of carboxylic acid groups (broad SMARTS) is 1. The minimum Gasteiger partial charge on any atom is -0.480 e. The maximum Gasteiger partial charge on any atom is 0.326 e. The van der Waals surface area contributed by atoms with Gasteiger partial charge in [-0.3, -0.25) is 0 Å². The van der Waals surface area contributed by atoms with E-state index in [4.69, 9.17) is 9.47 Å². The Morgan fingerprint density at radius 2 is 2.10 bits per heavy atom. The molecule has 1 atom stereocenters. The molecule has 110 valence electrons. The monoisotopic (exact) mass is 288 g/mol. The maximum absolute atomic E-state index is 11.5. The first kappa shape index (κ1) is 12.5. The molecule has 1 unspecified atom stereocenters. The number of fused-ring (bicyclic) bond motifs is 2. The molecule has 1 fully saturated rings. The van der Waals surface area contributed by atoms with Crippen LogP contribution in [0.15, 0.2) is 12.1 Å². The number of ether oxygens (including phenoxy) is 2. The van der Waals surface area contributed by atoms with Crippen molar-refractivity contribution in [2.45, 2.75) is 38.1 Å². The molecule has 1 aliphatic carbocycles. The molecule has 2 heterocycles. The fraction of sp³-hybridized carbons (Fsp3) is 0.467. The second-order valence-corrected chi connectivity index (χ2v) is 5.68. The highest BCUT2D eigenvalue weighted by atomic mass is 16.7. The number of benzene rings is 1. The highest BCUT2D eigenvalue weighted by molar-refractivity contribution is 5.83. The van der Waals surface area contributed by atoms with E-state index in [0.717, 1.165) is 29.7 Å². The number of aromatic nitrogens is 2. The number of nitrogens with zero attached hydrogens (tertiary/aromatic N) is 2. The van der Waals surface area contributed by atoms with Crippen LogP contribution in [-0.2, 0) is 4.79 Å². The van der Waals surface area contributed by atoms with Crippen molar-refractivity contribution in [1.29, 1.82) is 0 Å². The van der Waals surface area contributed by atoms with E-state index in [2.05, 4.69) is 4.98 Å². The molecular formula is C15H16N2O4. The molecule has 0 spiro atoms. The van der Waals surface area contributed by atoms with E-state index in [1.54, 1.807) is 6.92 Å². The van der Waals surface area contributed by atoms with Crippen molar-refractivity contribution in [3.63, 3.8) is 0 Å². The molecule has 6 nitrogen and oxygen atoms in total. The van der Waals surface area contributed by atoms with Gasteiger partial charge in [0.2, 0.25) is 6.79 Å². The Kier molecular flexibility index (Phi) is 2.60. The molecule has 2 aliphatic rings. The van der Waals surface area contributed by atoms with Crippen LogP contribution in [0, 0.1) is 0 Å². The zero-order valence-corrected chi connectivity index (χ0v) is 11.7. The van der Waals surface area contributed by atoms with E-state index in [9.17, 15) is 9.90 Å². The second kappa shape index (κ2) is 4.38. The molecule has 0 saturated heterocycles. The summed E-state index contributed by atoms with van der Waals surface area (Å²) in [4.78, 5) is 16.1. The third-order valence-corrected chi connectivity index (χ3v) is 4.43. The van der Waals surface area contributed by atoms with Crippen LogP contribution in [0.3, 0.4) is 0 Å². The summed E-state index contributed by atoms with van der Waals surface area (Å²) in [5.74, 6) is 1.70. The molecule has 4 rings (SSSR count). The number of hydrogen-bond acceptors (Lipinski definition) is 4. The minimum atomic E-state index is -0.854. The van der Waals surface area contributed by atoms with Gasteiger partial charge in [-0.05, 0) is 19.8 Å². The first-order valence-corrected chi connectivity index (χ1v) is 7.19. The minimum absolute atomic E-state index is 0.200. The van der Waals surface area contributed by atoms with E-state index in [1.165, 1.54) is 6.42 Å². The van der Waals surface area contributed by atoms with Gasteiger partial charge in [0.1, 0.15) is 11.9 Å². The molecule has 1 saturated carbocycles. The fourth-order valence-corrected chi connectivity index (χ4v) is 2.98. The van der Waals surface area contributed by atoms with E-state index in [0.29, 0.717) is 17.4 Å². The molecule has 2 aromatic rings. The SMILES string of the molecule is CC(C(=O)O)n1c(C2CCC2)nc2cc3c(cc21)OCO3. The van der Waals surface area contributed by atoms with Gasteiger partial charge >= 0.3 is 5.97 Å². The Hall–Kier alpha value is -2.24. The summed E-state index contributed by atoms with van der Waals surface area (Å²) in [6.07, 6.45) is 3.32. The van der Waals surface area contributed by atoms with Gasteiger partial charge in [-0.2, -0.15) is 0 Å². The third kappa shape index (κ3) is 1.78. The van der Waals surface area contributed by atoms with Crippen molar-refractivity contribution < 1.29 is 19.4 Å². The average molecular weight is 288 g/mol. The lowest BCUT2D eigenvalue weighted by atomic mass is 9.84. The molecule has 1 aromatic heterocycles. The summed E-state index contributed by atoms with van der Waals surface area (Å²) in [6, 6.07) is 3.03. The van der Waals surface area contributed by atoms with Crippen molar-refractivity contribution in [3.8, 4) is 11.5 Å². The summed E-state index contributed by atoms with van der Waals surface area (Å²) in [5.41, 5.74) is 1.57. The summed E-state index contributed by atoms with van der Waals surface area (Å²) in [7, 11) is 0. The summed E-state index contributed by atoms with van der Waals surface area (Å²) >= 11 is 0. The Morgan fingerprint density at radius 3 is 2.71 bits per heavy atom. The van der Waals surface area contributed by atoms with Gasteiger partial charge in [0.25, 0.3) is 0 Å². The van der Waals surface area contributed by atoms with Gasteiger partial charge in [-0.1, -0.05) is 6.42 Å². The van der Waals surface area contributed by atoms with Crippen LogP contribution in [0.4, 0.5) is 0 Å². The van der Waals surface area contributed by atoms with Crippen LogP contribution in [-0.4, -0.2) is 27.4 Å². The smallest absolute Gasteiger partial charge is 0.326 e. The van der Waals surface area contributed by atoms with Gasteiger partial charge in [-0.25, -0.2) is 9.78 Å². The number of carbonyl (C=O) groups is 1. The lowest BCUT2D eigenvalue weighted by Crippen LogP contribution is -2.22. The van der Waals surface area contributed by atoms with E-state index < -0.39 is 12.0 Å². The van der Waals surface area contributed by atoms with E-state index in [-0.39, 0.29) is 6.79 Å². The van der Waals surface area contributed by atoms with Gasteiger partial charge in [0.15, 0.2) is 11.5 Å². The van der Waals surface area contributed by atoms with Crippen LogP contribution < -0.4 is 9.47 Å². The predicted molar refractivity (Wildman–Crippen MR) is 74.8 cm³/mol. The molecule has 0 radical (unpaired) electrons. The van der Waals surface area contributed by atoms with Gasteiger partial charge < -0.3 is 19.1 Å². The normalized spacial score (nSPS) is 18.7.